The van der Waals surface area contributed by atoms with Crippen LogP contribution in [-0.2, 0) is 18.9 Å². The van der Waals surface area contributed by atoms with E-state index in [9.17, 15) is 31.1 Å². The molecule has 4 aromatic rings. The summed E-state index contributed by atoms with van der Waals surface area (Å²) in [5.41, 5.74) is -0.0696. The predicted molar refractivity (Wildman–Crippen MR) is 127 cm³/mol. The Kier molecular flexibility index (Phi) is 7.05. The van der Waals surface area contributed by atoms with Gasteiger partial charge >= 0.3 is 12.4 Å². The zero-order valence-electron chi connectivity index (χ0n) is 20.4. The highest BCUT2D eigenvalue weighted by Crippen LogP contribution is 2.37. The average Bonchev–Trinajstić information content (AvgIpc) is 3.28. The van der Waals surface area contributed by atoms with Gasteiger partial charge in [-0.15, -0.1) is 0 Å². The van der Waals surface area contributed by atoms with Crippen LogP contribution in [0.5, 0.6) is 0 Å². The monoisotopic (exact) mass is 533 g/mol. The third-order valence-corrected chi connectivity index (χ3v) is 5.86. The number of nitrogens with zero attached hydrogens (tertiary/aromatic N) is 3. The summed E-state index contributed by atoms with van der Waals surface area (Å²) in [7, 11) is 1.30. The lowest BCUT2D eigenvalue weighted by molar-refractivity contribution is -0.143. The second-order valence-corrected chi connectivity index (χ2v) is 8.84. The van der Waals surface area contributed by atoms with Crippen molar-refractivity contribution >= 4 is 5.91 Å². The molecule has 0 radical (unpaired) electrons. The van der Waals surface area contributed by atoms with E-state index in [1.807, 2.05) is 19.1 Å². The number of hydrogen-bond donors (Lipinski definition) is 0. The Bertz CT molecular complexity index is 1460. The molecule has 0 N–H and O–H groups in total. The van der Waals surface area contributed by atoms with Crippen LogP contribution in [-0.4, -0.2) is 28.0 Å². The molecular formula is C27H21F6N3O2. The Morgan fingerprint density at radius 1 is 0.895 bits per heavy atom. The van der Waals surface area contributed by atoms with Crippen molar-refractivity contribution in [1.82, 2.24) is 15.0 Å². The van der Waals surface area contributed by atoms with Gasteiger partial charge in [0.05, 0.1) is 22.4 Å². The molecule has 0 unspecified atom stereocenters. The summed E-state index contributed by atoms with van der Waals surface area (Å²) in [5.74, 6) is -0.268. The van der Waals surface area contributed by atoms with Gasteiger partial charge in [0.2, 0.25) is 0 Å². The van der Waals surface area contributed by atoms with Crippen molar-refractivity contribution in [2.45, 2.75) is 32.7 Å². The molecule has 0 atom stereocenters. The third-order valence-electron chi connectivity index (χ3n) is 5.86. The second-order valence-electron chi connectivity index (χ2n) is 8.84. The zero-order chi connectivity index (χ0) is 27.8. The van der Waals surface area contributed by atoms with Crippen molar-refractivity contribution in [3.05, 3.63) is 94.3 Å². The molecular weight excluding hydrogens is 512 g/mol. The van der Waals surface area contributed by atoms with E-state index in [0.717, 1.165) is 10.5 Å². The molecule has 2 aromatic carbocycles. The van der Waals surface area contributed by atoms with Gasteiger partial charge in [-0.3, -0.25) is 9.78 Å². The van der Waals surface area contributed by atoms with Gasteiger partial charge in [-0.05, 0) is 60.4 Å². The molecule has 5 nitrogen and oxygen atoms in total. The smallest absolute Gasteiger partial charge is 0.354 e. The SMILES string of the molecule is Cc1cc(-c2cc(-c3ccccc3C)c(C(=O)N(C)Cc3cc(C(F)(F)F)cc(C(F)(F)F)c3)cn2)on1. The fourth-order valence-electron chi connectivity index (χ4n) is 4.00. The average molecular weight is 533 g/mol. The lowest BCUT2D eigenvalue weighted by Crippen LogP contribution is -2.27. The van der Waals surface area contributed by atoms with Crippen molar-refractivity contribution in [3.63, 3.8) is 0 Å². The van der Waals surface area contributed by atoms with E-state index in [0.29, 0.717) is 40.4 Å². The Balaban J connectivity index is 1.74. The van der Waals surface area contributed by atoms with Gasteiger partial charge in [0.25, 0.3) is 5.91 Å². The van der Waals surface area contributed by atoms with Crippen molar-refractivity contribution in [2.24, 2.45) is 0 Å². The Hall–Kier alpha value is -4.15. The standard InChI is InChI=1S/C27H21F6N3O2/c1-15-6-4-5-7-20(15)21-12-23(24-8-16(2)35-38-24)34-13-22(21)25(37)36(3)14-17-9-18(26(28,29)30)11-19(10-17)27(31,32)33/h4-13H,14H2,1-3H3. The molecule has 4 rings (SSSR count). The second kappa shape index (κ2) is 9.96. The van der Waals surface area contributed by atoms with Crippen LogP contribution in [0.2, 0.25) is 0 Å². The first-order valence-corrected chi connectivity index (χ1v) is 11.3. The molecule has 0 aliphatic heterocycles. The van der Waals surface area contributed by atoms with Crippen LogP contribution >= 0.6 is 0 Å². The number of aromatic nitrogens is 2. The van der Waals surface area contributed by atoms with E-state index in [2.05, 4.69) is 10.1 Å². The fourth-order valence-corrected chi connectivity index (χ4v) is 4.00. The van der Waals surface area contributed by atoms with Crippen LogP contribution in [0.25, 0.3) is 22.6 Å². The molecule has 0 aliphatic rings. The summed E-state index contributed by atoms with van der Waals surface area (Å²) >= 11 is 0. The summed E-state index contributed by atoms with van der Waals surface area (Å²) in [6.45, 7) is 3.08. The lowest BCUT2D eigenvalue weighted by atomic mass is 9.95. The molecule has 0 aliphatic carbocycles. The highest BCUT2D eigenvalue weighted by molar-refractivity contribution is 6.01. The molecule has 11 heteroatoms. The molecule has 0 saturated carbocycles. The van der Waals surface area contributed by atoms with E-state index in [-0.39, 0.29) is 17.2 Å². The van der Waals surface area contributed by atoms with Crippen molar-refractivity contribution < 1.29 is 35.7 Å². The molecule has 0 bridgehead atoms. The first-order valence-electron chi connectivity index (χ1n) is 11.3. The van der Waals surface area contributed by atoms with Gasteiger partial charge in [0, 0.05) is 25.9 Å². The summed E-state index contributed by atoms with van der Waals surface area (Å²) in [4.78, 5) is 18.8. The molecule has 198 valence electrons. The van der Waals surface area contributed by atoms with E-state index < -0.39 is 35.9 Å². The first kappa shape index (κ1) is 26.9. The van der Waals surface area contributed by atoms with E-state index in [1.54, 1.807) is 31.2 Å². The molecule has 2 heterocycles. The Morgan fingerprint density at radius 2 is 1.53 bits per heavy atom. The number of carbonyl (C=O) groups excluding carboxylic acids is 1. The number of aryl methyl sites for hydroxylation is 2. The number of hydrogen-bond acceptors (Lipinski definition) is 4. The van der Waals surface area contributed by atoms with Gasteiger partial charge in [0.15, 0.2) is 5.76 Å². The van der Waals surface area contributed by atoms with E-state index in [1.165, 1.54) is 13.2 Å². The lowest BCUT2D eigenvalue weighted by Gasteiger charge is -2.21. The van der Waals surface area contributed by atoms with Crippen LogP contribution in [0.15, 0.2) is 65.3 Å². The first-order chi connectivity index (χ1) is 17.7. The van der Waals surface area contributed by atoms with Crippen LogP contribution < -0.4 is 0 Å². The zero-order valence-corrected chi connectivity index (χ0v) is 20.4. The van der Waals surface area contributed by atoms with Crippen LogP contribution in [0.4, 0.5) is 26.3 Å². The van der Waals surface area contributed by atoms with Gasteiger partial charge in [0.1, 0.15) is 5.69 Å². The molecule has 1 amide bonds. The summed E-state index contributed by atoms with van der Waals surface area (Å²) in [6.07, 6.45) is -8.67. The molecule has 0 spiro atoms. The number of pyridine rings is 1. The van der Waals surface area contributed by atoms with Crippen molar-refractivity contribution in [1.29, 1.82) is 0 Å². The Labute approximate surface area is 213 Å². The Morgan fingerprint density at radius 3 is 2.08 bits per heavy atom. The van der Waals surface area contributed by atoms with Crippen LogP contribution in [0, 0.1) is 13.8 Å². The van der Waals surface area contributed by atoms with E-state index in [4.69, 9.17) is 4.52 Å². The minimum absolute atomic E-state index is 0.0510. The van der Waals surface area contributed by atoms with Gasteiger partial charge in [-0.1, -0.05) is 29.4 Å². The maximum atomic E-state index is 13.5. The van der Waals surface area contributed by atoms with Crippen molar-refractivity contribution in [2.75, 3.05) is 7.05 Å². The minimum Gasteiger partial charge on any atom is -0.354 e. The topological polar surface area (TPSA) is 59.2 Å². The predicted octanol–water partition coefficient (Wildman–Crippen LogP) is 7.33. The highest BCUT2D eigenvalue weighted by atomic mass is 19.4. The number of halogens is 6. The molecule has 38 heavy (non-hydrogen) atoms. The fraction of sp³-hybridized carbons (Fsp3) is 0.222. The highest BCUT2D eigenvalue weighted by Gasteiger charge is 2.37. The maximum absolute atomic E-state index is 13.5. The van der Waals surface area contributed by atoms with Gasteiger partial charge in [-0.2, -0.15) is 26.3 Å². The maximum Gasteiger partial charge on any atom is 0.416 e. The van der Waals surface area contributed by atoms with Gasteiger partial charge in [-0.25, -0.2) is 0 Å². The van der Waals surface area contributed by atoms with Gasteiger partial charge < -0.3 is 9.42 Å². The third kappa shape index (κ3) is 5.71. The summed E-state index contributed by atoms with van der Waals surface area (Å²) in [5, 5.41) is 3.84. The molecule has 2 aromatic heterocycles. The summed E-state index contributed by atoms with van der Waals surface area (Å²) < 4.78 is 85.0. The van der Waals surface area contributed by atoms with Crippen molar-refractivity contribution in [3.8, 4) is 22.6 Å². The number of benzene rings is 2. The van der Waals surface area contributed by atoms with Crippen LogP contribution in [0.1, 0.15) is 38.3 Å². The number of rotatable bonds is 5. The quantitative estimate of drug-likeness (QED) is 0.252. The number of carbonyl (C=O) groups is 1. The normalized spacial score (nSPS) is 12.0. The van der Waals surface area contributed by atoms with Crippen LogP contribution in [0.3, 0.4) is 0 Å². The summed E-state index contributed by atoms with van der Waals surface area (Å²) in [6, 6.07) is 11.8. The molecule has 0 fully saturated rings. The largest absolute Gasteiger partial charge is 0.416 e. The van der Waals surface area contributed by atoms with E-state index >= 15 is 0 Å². The number of alkyl halides is 6. The number of amides is 1. The molecule has 0 saturated heterocycles. The minimum atomic E-state index is -4.99.